The number of carboxylic acids is 1. The van der Waals surface area contributed by atoms with Gasteiger partial charge in [-0.3, -0.25) is 4.79 Å². The van der Waals surface area contributed by atoms with Crippen molar-refractivity contribution in [1.29, 1.82) is 0 Å². The Morgan fingerprint density at radius 1 is 1.14 bits per heavy atom. The Bertz CT molecular complexity index is 732. The monoisotopic (exact) mass is 403 g/mol. The minimum Gasteiger partial charge on any atom is -0.494 e. The van der Waals surface area contributed by atoms with Gasteiger partial charge in [0.1, 0.15) is 5.75 Å². The molecule has 152 valence electrons. The van der Waals surface area contributed by atoms with Crippen LogP contribution in [-0.4, -0.2) is 30.8 Å². The van der Waals surface area contributed by atoms with Crippen LogP contribution in [0.15, 0.2) is 54.6 Å². The van der Waals surface area contributed by atoms with E-state index in [1.165, 1.54) is 11.1 Å². The van der Waals surface area contributed by atoms with Crippen molar-refractivity contribution in [2.24, 2.45) is 0 Å². The summed E-state index contributed by atoms with van der Waals surface area (Å²) in [7, 11) is 0. The standard InChI is InChI=1S/C23H29NO3.ClH/c1-19-18-22(27-17-6-5-10-20-8-3-2-4-9-20)13-12-21(19)11-7-15-24-16-14-23(25)26;/h2-4,7-9,11-13,18,24H,5-6,10,14-17H2,1H3,(H,25,26);1H/b11-7+;. The first-order valence-corrected chi connectivity index (χ1v) is 9.51. The molecule has 0 bridgehead atoms. The molecule has 2 aromatic carbocycles. The average Bonchev–Trinajstić information content (AvgIpc) is 2.66. The van der Waals surface area contributed by atoms with Crippen molar-refractivity contribution in [3.63, 3.8) is 0 Å². The lowest BCUT2D eigenvalue weighted by atomic mass is 10.1. The second-order valence-electron chi connectivity index (χ2n) is 6.56. The molecule has 0 fully saturated rings. The largest absolute Gasteiger partial charge is 0.494 e. The Balaban J connectivity index is 0.00000392. The Morgan fingerprint density at radius 3 is 2.64 bits per heavy atom. The van der Waals surface area contributed by atoms with Gasteiger partial charge in [0.2, 0.25) is 0 Å². The fourth-order valence-electron chi connectivity index (χ4n) is 2.76. The fraction of sp³-hybridized carbons (Fsp3) is 0.348. The highest BCUT2D eigenvalue weighted by Gasteiger charge is 2.00. The molecule has 0 spiro atoms. The highest BCUT2D eigenvalue weighted by molar-refractivity contribution is 5.85. The van der Waals surface area contributed by atoms with E-state index in [2.05, 4.69) is 48.6 Å². The molecule has 0 atom stereocenters. The minimum absolute atomic E-state index is 0. The molecule has 0 aliphatic rings. The predicted octanol–water partition coefficient (Wildman–Crippen LogP) is 4.90. The van der Waals surface area contributed by atoms with Crippen LogP contribution < -0.4 is 10.1 Å². The summed E-state index contributed by atoms with van der Waals surface area (Å²) in [6.45, 7) is 3.94. The Labute approximate surface area is 174 Å². The number of aryl methyl sites for hydroxylation is 2. The van der Waals surface area contributed by atoms with Gasteiger partial charge in [0, 0.05) is 13.1 Å². The number of benzene rings is 2. The summed E-state index contributed by atoms with van der Waals surface area (Å²) in [6.07, 6.45) is 7.45. The summed E-state index contributed by atoms with van der Waals surface area (Å²) >= 11 is 0. The first kappa shape index (κ1) is 23.7. The molecule has 0 heterocycles. The molecule has 0 saturated heterocycles. The zero-order valence-electron chi connectivity index (χ0n) is 16.4. The molecule has 0 aromatic heterocycles. The van der Waals surface area contributed by atoms with E-state index in [0.29, 0.717) is 13.1 Å². The third-order valence-electron chi connectivity index (χ3n) is 4.29. The molecule has 28 heavy (non-hydrogen) atoms. The van der Waals surface area contributed by atoms with Crippen molar-refractivity contribution in [3.8, 4) is 5.75 Å². The molecule has 0 unspecified atom stereocenters. The van der Waals surface area contributed by atoms with Crippen LogP contribution in [0.2, 0.25) is 0 Å². The van der Waals surface area contributed by atoms with E-state index in [4.69, 9.17) is 9.84 Å². The molecule has 0 radical (unpaired) electrons. The van der Waals surface area contributed by atoms with Crippen LogP contribution >= 0.6 is 12.4 Å². The summed E-state index contributed by atoms with van der Waals surface area (Å²) in [5, 5.41) is 11.7. The van der Waals surface area contributed by atoms with Crippen molar-refractivity contribution >= 4 is 24.5 Å². The maximum atomic E-state index is 10.4. The van der Waals surface area contributed by atoms with Crippen molar-refractivity contribution in [2.45, 2.75) is 32.6 Å². The zero-order chi connectivity index (χ0) is 19.3. The number of unbranched alkanes of at least 4 members (excludes halogenated alkanes) is 1. The van der Waals surface area contributed by atoms with Crippen molar-refractivity contribution in [3.05, 3.63) is 71.3 Å². The van der Waals surface area contributed by atoms with Gasteiger partial charge < -0.3 is 15.2 Å². The van der Waals surface area contributed by atoms with E-state index in [1.54, 1.807) is 0 Å². The van der Waals surface area contributed by atoms with Crippen LogP contribution in [0.4, 0.5) is 0 Å². The second kappa shape index (κ2) is 13.8. The highest BCUT2D eigenvalue weighted by Crippen LogP contribution is 2.19. The maximum Gasteiger partial charge on any atom is 0.304 e. The molecule has 4 nitrogen and oxygen atoms in total. The highest BCUT2D eigenvalue weighted by atomic mass is 35.5. The van der Waals surface area contributed by atoms with Crippen LogP contribution in [0.5, 0.6) is 5.75 Å². The normalized spacial score (nSPS) is 10.6. The van der Waals surface area contributed by atoms with Crippen LogP contribution in [0.25, 0.3) is 6.08 Å². The summed E-state index contributed by atoms with van der Waals surface area (Å²) in [4.78, 5) is 10.4. The van der Waals surface area contributed by atoms with E-state index < -0.39 is 5.97 Å². The number of aliphatic carboxylic acids is 1. The molecule has 5 heteroatoms. The van der Waals surface area contributed by atoms with Gasteiger partial charge in [-0.1, -0.05) is 48.6 Å². The third-order valence-corrected chi connectivity index (χ3v) is 4.29. The lowest BCUT2D eigenvalue weighted by Crippen LogP contribution is -2.17. The topological polar surface area (TPSA) is 58.6 Å². The molecule has 2 aromatic rings. The molecule has 0 amide bonds. The number of carboxylic acid groups (broad SMARTS) is 1. The first-order chi connectivity index (χ1) is 13.1. The van der Waals surface area contributed by atoms with Crippen molar-refractivity contribution in [1.82, 2.24) is 5.32 Å². The number of ether oxygens (including phenoxy) is 1. The van der Waals surface area contributed by atoms with Gasteiger partial charge >= 0.3 is 5.97 Å². The second-order valence-corrected chi connectivity index (χ2v) is 6.56. The summed E-state index contributed by atoms with van der Waals surface area (Å²) in [5.41, 5.74) is 3.69. The average molecular weight is 404 g/mol. The molecular formula is C23H30ClNO3. The van der Waals surface area contributed by atoms with Gasteiger partial charge in [-0.2, -0.15) is 0 Å². The number of halogens is 1. The SMILES string of the molecule is Cc1cc(OCCCCc2ccccc2)ccc1/C=C/CNCCC(=O)O.Cl. The van der Waals surface area contributed by atoms with Crippen LogP contribution in [0.1, 0.15) is 36.0 Å². The third kappa shape index (κ3) is 9.58. The summed E-state index contributed by atoms with van der Waals surface area (Å²) < 4.78 is 5.87. The van der Waals surface area contributed by atoms with Gasteiger partial charge in [0.05, 0.1) is 13.0 Å². The number of nitrogens with one attached hydrogen (secondary N) is 1. The van der Waals surface area contributed by atoms with Gasteiger partial charge in [0.15, 0.2) is 0 Å². The van der Waals surface area contributed by atoms with E-state index in [9.17, 15) is 4.79 Å². The molecular weight excluding hydrogens is 374 g/mol. The number of carbonyl (C=O) groups is 1. The van der Waals surface area contributed by atoms with Gasteiger partial charge in [0.25, 0.3) is 0 Å². The van der Waals surface area contributed by atoms with E-state index >= 15 is 0 Å². The zero-order valence-corrected chi connectivity index (χ0v) is 17.2. The number of hydrogen-bond acceptors (Lipinski definition) is 3. The lowest BCUT2D eigenvalue weighted by molar-refractivity contribution is -0.136. The van der Waals surface area contributed by atoms with Gasteiger partial charge in [-0.05, 0) is 55.0 Å². The van der Waals surface area contributed by atoms with Crippen LogP contribution in [0.3, 0.4) is 0 Å². The Morgan fingerprint density at radius 2 is 1.93 bits per heavy atom. The van der Waals surface area contributed by atoms with Gasteiger partial charge in [-0.15, -0.1) is 12.4 Å². The summed E-state index contributed by atoms with van der Waals surface area (Å²) in [6, 6.07) is 16.7. The van der Waals surface area contributed by atoms with Crippen LogP contribution in [0, 0.1) is 6.92 Å². The molecule has 2 N–H and O–H groups in total. The van der Waals surface area contributed by atoms with Crippen molar-refractivity contribution < 1.29 is 14.6 Å². The van der Waals surface area contributed by atoms with Crippen LogP contribution in [-0.2, 0) is 11.2 Å². The lowest BCUT2D eigenvalue weighted by Gasteiger charge is -2.09. The maximum absolute atomic E-state index is 10.4. The molecule has 2 rings (SSSR count). The molecule has 0 aliphatic carbocycles. The Hall–Kier alpha value is -2.30. The van der Waals surface area contributed by atoms with E-state index in [1.807, 2.05) is 24.3 Å². The van der Waals surface area contributed by atoms with Crippen molar-refractivity contribution in [2.75, 3.05) is 19.7 Å². The molecule has 0 saturated carbocycles. The predicted molar refractivity (Wildman–Crippen MR) is 117 cm³/mol. The van der Waals surface area contributed by atoms with Gasteiger partial charge in [-0.25, -0.2) is 0 Å². The first-order valence-electron chi connectivity index (χ1n) is 9.51. The number of hydrogen-bond donors (Lipinski definition) is 2. The molecule has 0 aliphatic heterocycles. The summed E-state index contributed by atoms with van der Waals surface area (Å²) in [5.74, 6) is 0.127. The quantitative estimate of drug-likeness (QED) is 0.495. The minimum atomic E-state index is -0.780. The van der Waals surface area contributed by atoms with E-state index in [-0.39, 0.29) is 18.8 Å². The number of rotatable bonds is 12. The van der Waals surface area contributed by atoms with E-state index in [0.717, 1.165) is 37.2 Å². The Kier molecular flexibility index (Phi) is 11.7. The fourth-order valence-corrected chi connectivity index (χ4v) is 2.76. The smallest absolute Gasteiger partial charge is 0.304 e.